The Morgan fingerprint density at radius 1 is 0.950 bits per heavy atom. The summed E-state index contributed by atoms with van der Waals surface area (Å²) < 4.78 is 5.42. The molecule has 2 aliphatic rings. The molecular formula is C17H14Cl2O. The Labute approximate surface area is 128 Å². The first-order chi connectivity index (χ1) is 9.53. The lowest BCUT2D eigenvalue weighted by Gasteiger charge is -2.30. The molecule has 0 bridgehead atoms. The van der Waals surface area contributed by atoms with Crippen LogP contribution in [0.1, 0.15) is 18.1 Å². The summed E-state index contributed by atoms with van der Waals surface area (Å²) in [5.74, 6) is 0.886. The summed E-state index contributed by atoms with van der Waals surface area (Å²) in [5.41, 5.74) is 1.25. The van der Waals surface area contributed by atoms with Gasteiger partial charge in [0.25, 0.3) is 0 Å². The van der Waals surface area contributed by atoms with Gasteiger partial charge in [0.05, 0.1) is 5.41 Å². The van der Waals surface area contributed by atoms with Crippen LogP contribution in [0.4, 0.5) is 0 Å². The third kappa shape index (κ3) is 1.22. The number of hydrogen-bond donors (Lipinski definition) is 0. The minimum atomic E-state index is -0.916. The molecule has 0 unspecified atom stereocenters. The van der Waals surface area contributed by atoms with E-state index in [-0.39, 0.29) is 5.41 Å². The number of fused-ring (bicyclic) bond motifs is 2. The van der Waals surface area contributed by atoms with Crippen LogP contribution in [0.2, 0.25) is 0 Å². The van der Waals surface area contributed by atoms with Gasteiger partial charge >= 0.3 is 0 Å². The van der Waals surface area contributed by atoms with Gasteiger partial charge < -0.3 is 4.74 Å². The quantitative estimate of drug-likeness (QED) is 0.693. The molecule has 2 aromatic carbocycles. The molecule has 2 atom stereocenters. The first-order valence-electron chi connectivity index (χ1n) is 6.73. The third-order valence-electron chi connectivity index (χ3n) is 4.81. The summed E-state index contributed by atoms with van der Waals surface area (Å²) in [6, 6.07) is 18.1. The molecule has 0 spiro atoms. The van der Waals surface area contributed by atoms with Crippen molar-refractivity contribution in [3.8, 4) is 5.75 Å². The van der Waals surface area contributed by atoms with Crippen molar-refractivity contribution in [1.82, 2.24) is 0 Å². The fourth-order valence-electron chi connectivity index (χ4n) is 3.59. The van der Waals surface area contributed by atoms with E-state index in [2.05, 4.69) is 13.0 Å². The minimum Gasteiger partial charge on any atom is -0.478 e. The zero-order valence-electron chi connectivity index (χ0n) is 11.1. The van der Waals surface area contributed by atoms with Crippen molar-refractivity contribution < 1.29 is 4.74 Å². The Morgan fingerprint density at radius 3 is 2.35 bits per heavy atom. The van der Waals surface area contributed by atoms with E-state index >= 15 is 0 Å². The Balaban J connectivity index is 1.92. The highest BCUT2D eigenvalue weighted by molar-refractivity contribution is 6.53. The molecule has 20 heavy (non-hydrogen) atoms. The molecule has 0 N–H and O–H groups in total. The molecule has 2 aromatic rings. The molecule has 1 heterocycles. The lowest BCUT2D eigenvalue weighted by atomic mass is 9.88. The topological polar surface area (TPSA) is 9.23 Å². The van der Waals surface area contributed by atoms with E-state index in [4.69, 9.17) is 27.9 Å². The van der Waals surface area contributed by atoms with Crippen molar-refractivity contribution in [1.29, 1.82) is 0 Å². The zero-order valence-corrected chi connectivity index (χ0v) is 12.6. The summed E-state index contributed by atoms with van der Waals surface area (Å²) in [6.45, 7) is 2.11. The maximum Gasteiger partial charge on any atom is 0.176 e. The number of para-hydroxylation sites is 1. The number of rotatable bonds is 1. The van der Waals surface area contributed by atoms with E-state index in [1.807, 2.05) is 48.5 Å². The fraction of sp³-hybridized carbons (Fsp3) is 0.294. The van der Waals surface area contributed by atoms with Crippen molar-refractivity contribution in [3.63, 3.8) is 0 Å². The highest BCUT2D eigenvalue weighted by atomic mass is 35.5. The van der Waals surface area contributed by atoms with Crippen LogP contribution in [-0.4, -0.2) is 4.33 Å². The van der Waals surface area contributed by atoms with Crippen LogP contribution in [0, 0.1) is 5.41 Å². The lowest BCUT2D eigenvalue weighted by molar-refractivity contribution is 0.111. The molecule has 1 nitrogen and oxygen atoms in total. The fourth-order valence-corrected chi connectivity index (χ4v) is 4.61. The maximum absolute atomic E-state index is 6.68. The van der Waals surface area contributed by atoms with Crippen molar-refractivity contribution in [2.75, 3.05) is 0 Å². The molecule has 102 valence electrons. The molecule has 0 aromatic heterocycles. The Hall–Kier alpha value is -1.18. The standard InChI is InChI=1S/C17H14Cl2O/c1-15-11-12-7-5-6-10-14(12)20-16(15,17(15,18)19)13-8-3-2-4-9-13/h2-10H,11H2,1H3/t15-,16+/m0/s1. The van der Waals surface area contributed by atoms with E-state index < -0.39 is 9.93 Å². The zero-order chi connectivity index (χ0) is 14.0. The van der Waals surface area contributed by atoms with Gasteiger partial charge in [-0.15, -0.1) is 0 Å². The summed E-state index contributed by atoms with van der Waals surface area (Å²) in [6.07, 6.45) is 0.824. The van der Waals surface area contributed by atoms with Gasteiger partial charge in [0, 0.05) is 0 Å². The minimum absolute atomic E-state index is 0.307. The van der Waals surface area contributed by atoms with Gasteiger partial charge in [0.1, 0.15) is 5.75 Å². The first-order valence-corrected chi connectivity index (χ1v) is 7.49. The van der Waals surface area contributed by atoms with Crippen LogP contribution in [0.15, 0.2) is 54.6 Å². The van der Waals surface area contributed by atoms with E-state index in [1.165, 1.54) is 5.56 Å². The Bertz CT molecular complexity index is 682. The average molecular weight is 305 g/mol. The van der Waals surface area contributed by atoms with E-state index in [1.54, 1.807) is 0 Å². The van der Waals surface area contributed by atoms with Crippen LogP contribution in [0.5, 0.6) is 5.75 Å². The van der Waals surface area contributed by atoms with Gasteiger partial charge in [-0.05, 0) is 23.6 Å². The van der Waals surface area contributed by atoms with Crippen molar-refractivity contribution >= 4 is 23.2 Å². The average Bonchev–Trinajstić information content (AvgIpc) is 2.86. The Morgan fingerprint density at radius 2 is 1.60 bits per heavy atom. The molecule has 0 radical (unpaired) electrons. The molecule has 1 aliphatic carbocycles. The second-order valence-electron chi connectivity index (χ2n) is 5.84. The molecule has 0 amide bonds. The van der Waals surface area contributed by atoms with Gasteiger partial charge in [-0.1, -0.05) is 78.7 Å². The molecule has 0 saturated heterocycles. The maximum atomic E-state index is 6.68. The van der Waals surface area contributed by atoms with Crippen molar-refractivity contribution in [2.45, 2.75) is 23.3 Å². The van der Waals surface area contributed by atoms with Crippen molar-refractivity contribution in [2.24, 2.45) is 5.41 Å². The predicted octanol–water partition coefficient (Wildman–Crippen LogP) is 4.71. The lowest BCUT2D eigenvalue weighted by Crippen LogP contribution is -2.30. The molecule has 3 heteroatoms. The molecule has 1 fully saturated rings. The summed E-state index contributed by atoms with van der Waals surface area (Å²) in [7, 11) is 0. The van der Waals surface area contributed by atoms with Crippen LogP contribution in [-0.2, 0) is 12.0 Å². The molecule has 1 aliphatic heterocycles. The van der Waals surface area contributed by atoms with Crippen LogP contribution >= 0.6 is 23.2 Å². The SMILES string of the molecule is C[C@]12Cc3ccccc3O[C@@]1(c1ccccc1)C2(Cl)Cl. The highest BCUT2D eigenvalue weighted by Crippen LogP contribution is 2.80. The Kier molecular flexibility index (Phi) is 2.33. The third-order valence-corrected chi connectivity index (χ3v) is 6.18. The normalized spacial score (nSPS) is 32.8. The van der Waals surface area contributed by atoms with Gasteiger partial charge in [0.2, 0.25) is 0 Å². The molecule has 4 rings (SSSR count). The predicted molar refractivity (Wildman–Crippen MR) is 81.4 cm³/mol. The molecular weight excluding hydrogens is 291 g/mol. The number of benzene rings is 2. The number of ether oxygens (including phenoxy) is 1. The highest BCUT2D eigenvalue weighted by Gasteiger charge is 2.88. The van der Waals surface area contributed by atoms with Crippen LogP contribution in [0.25, 0.3) is 0 Å². The second-order valence-corrected chi connectivity index (χ2v) is 7.17. The van der Waals surface area contributed by atoms with Crippen molar-refractivity contribution in [3.05, 3.63) is 65.7 Å². The van der Waals surface area contributed by atoms with Gasteiger partial charge in [0.15, 0.2) is 9.93 Å². The number of hydrogen-bond acceptors (Lipinski definition) is 1. The monoisotopic (exact) mass is 304 g/mol. The summed E-state index contributed by atoms with van der Waals surface area (Å²) in [5, 5.41) is 0. The van der Waals surface area contributed by atoms with E-state index in [0.717, 1.165) is 17.7 Å². The summed E-state index contributed by atoms with van der Waals surface area (Å²) in [4.78, 5) is 0. The number of alkyl halides is 2. The largest absolute Gasteiger partial charge is 0.478 e. The van der Waals surface area contributed by atoms with Crippen LogP contribution in [0.3, 0.4) is 0 Å². The van der Waals surface area contributed by atoms with Crippen LogP contribution < -0.4 is 4.74 Å². The summed E-state index contributed by atoms with van der Waals surface area (Å²) >= 11 is 13.4. The van der Waals surface area contributed by atoms with E-state index in [0.29, 0.717) is 0 Å². The first kappa shape index (κ1) is 12.6. The van der Waals surface area contributed by atoms with Gasteiger partial charge in [-0.2, -0.15) is 0 Å². The smallest absolute Gasteiger partial charge is 0.176 e. The van der Waals surface area contributed by atoms with Gasteiger partial charge in [-0.25, -0.2) is 0 Å². The number of halogens is 2. The molecule has 1 saturated carbocycles. The van der Waals surface area contributed by atoms with E-state index in [9.17, 15) is 0 Å². The van der Waals surface area contributed by atoms with Gasteiger partial charge in [-0.3, -0.25) is 0 Å². The second kappa shape index (κ2) is 3.72.